The molecule has 184 valence electrons. The molecule has 0 radical (unpaired) electrons. The molecule has 0 atom stereocenters. The van der Waals surface area contributed by atoms with Gasteiger partial charge in [-0.3, -0.25) is 4.79 Å². The van der Waals surface area contributed by atoms with Gasteiger partial charge in [-0.25, -0.2) is 21.6 Å². The summed E-state index contributed by atoms with van der Waals surface area (Å²) in [4.78, 5) is 12.5. The van der Waals surface area contributed by atoms with Gasteiger partial charge in [0.25, 0.3) is 0 Å². The highest BCUT2D eigenvalue weighted by Gasteiger charge is 2.26. The van der Waals surface area contributed by atoms with Crippen molar-refractivity contribution in [1.82, 2.24) is 4.72 Å². The van der Waals surface area contributed by atoms with Gasteiger partial charge >= 0.3 is 0 Å². The second-order valence-electron chi connectivity index (χ2n) is 8.66. The van der Waals surface area contributed by atoms with E-state index in [0.29, 0.717) is 5.56 Å². The van der Waals surface area contributed by atoms with Crippen molar-refractivity contribution in [2.24, 2.45) is 0 Å². The third kappa shape index (κ3) is 6.10. The molecule has 0 unspecified atom stereocenters. The smallest absolute Gasteiger partial charge is 0.240 e. The van der Waals surface area contributed by atoms with Gasteiger partial charge in [0.15, 0.2) is 15.6 Å². The lowest BCUT2D eigenvalue weighted by Gasteiger charge is -2.20. The topological polar surface area (TPSA) is 141 Å². The summed E-state index contributed by atoms with van der Waals surface area (Å²) < 4.78 is 52.2. The Hall–Kier alpha value is -2.58. The highest BCUT2D eigenvalue weighted by atomic mass is 32.2. The van der Waals surface area contributed by atoms with Crippen molar-refractivity contribution in [3.63, 3.8) is 0 Å². The number of sulfonamides is 1. The van der Waals surface area contributed by atoms with E-state index in [1.54, 1.807) is 12.1 Å². The van der Waals surface area contributed by atoms with E-state index in [4.69, 9.17) is 0 Å². The number of hydrogen-bond donors (Lipinski definition) is 2. The van der Waals surface area contributed by atoms with Crippen molar-refractivity contribution < 1.29 is 26.7 Å². The minimum absolute atomic E-state index is 0.0212. The van der Waals surface area contributed by atoms with E-state index in [9.17, 15) is 32.0 Å². The number of hydrogen-bond acceptors (Lipinski definition) is 7. The normalized spacial score (nSPS) is 12.2. The van der Waals surface area contributed by atoms with E-state index in [1.807, 2.05) is 27.7 Å². The van der Waals surface area contributed by atoms with Gasteiger partial charge in [0.05, 0.1) is 28.0 Å². The fraction of sp³-hybridized carbons (Fsp3) is 0.417. The van der Waals surface area contributed by atoms with E-state index in [0.717, 1.165) is 34.9 Å². The predicted molar refractivity (Wildman–Crippen MR) is 129 cm³/mol. The van der Waals surface area contributed by atoms with Gasteiger partial charge in [0.1, 0.15) is 5.75 Å². The van der Waals surface area contributed by atoms with Gasteiger partial charge in [0, 0.05) is 6.42 Å². The van der Waals surface area contributed by atoms with Crippen molar-refractivity contribution in [3.05, 3.63) is 58.1 Å². The molecule has 0 saturated carbocycles. The number of Topliss-reactive ketones (excluding diaryl/α,β-unsaturated/α-hetero) is 1. The molecular formula is C24H30N2O6S2. The van der Waals surface area contributed by atoms with E-state index in [-0.39, 0.29) is 33.6 Å². The van der Waals surface area contributed by atoms with Crippen molar-refractivity contribution in [1.29, 1.82) is 5.26 Å². The molecule has 10 heteroatoms. The number of ketones is 1. The van der Waals surface area contributed by atoms with Crippen molar-refractivity contribution >= 4 is 25.6 Å². The maximum atomic E-state index is 13.0. The third-order valence-electron chi connectivity index (χ3n) is 5.53. The van der Waals surface area contributed by atoms with Crippen LogP contribution in [0.25, 0.3) is 0 Å². The first-order chi connectivity index (χ1) is 15.8. The van der Waals surface area contributed by atoms with Gasteiger partial charge in [-0.05, 0) is 71.5 Å². The van der Waals surface area contributed by atoms with E-state index in [1.165, 1.54) is 7.05 Å². The molecule has 0 amide bonds. The molecule has 8 nitrogen and oxygen atoms in total. The maximum absolute atomic E-state index is 13.0. The van der Waals surface area contributed by atoms with Gasteiger partial charge < -0.3 is 5.11 Å². The lowest BCUT2D eigenvalue weighted by atomic mass is 9.85. The number of aliphatic hydroxyl groups excluding tert-OH is 1. The Morgan fingerprint density at radius 1 is 1.03 bits per heavy atom. The zero-order valence-electron chi connectivity index (χ0n) is 19.9. The fourth-order valence-corrected chi connectivity index (χ4v) is 6.08. The Balaban J connectivity index is 2.45. The molecule has 0 aliphatic carbocycles. The van der Waals surface area contributed by atoms with Crippen LogP contribution in [-0.2, 0) is 37.7 Å². The van der Waals surface area contributed by atoms with Crippen LogP contribution in [0.2, 0.25) is 0 Å². The standard InChI is InChI=1S/C24H30N2O6S2/c1-15(2)21-8-17(12-25)9-22(16(3)4)23(21)11-19(28)14-33(29,30)24-7-6-20(10-18(24)13-27)34(31,32)26-5/h6-10,15-16,26-27H,11,13-14H2,1-5H3. The van der Waals surface area contributed by atoms with Crippen LogP contribution in [0.5, 0.6) is 0 Å². The Kier molecular flexibility index (Phi) is 8.77. The number of nitrogens with one attached hydrogen (secondary N) is 1. The Morgan fingerprint density at radius 3 is 2.03 bits per heavy atom. The van der Waals surface area contributed by atoms with Gasteiger partial charge in [-0.1, -0.05) is 27.7 Å². The molecule has 0 saturated heterocycles. The summed E-state index contributed by atoms with van der Waals surface area (Å²) in [7, 11) is -6.76. The summed E-state index contributed by atoms with van der Waals surface area (Å²) in [6.07, 6.45) is -0.118. The lowest BCUT2D eigenvalue weighted by molar-refractivity contribution is -0.116. The molecule has 2 aromatic carbocycles. The fourth-order valence-electron chi connectivity index (χ4n) is 3.82. The second-order valence-corrected chi connectivity index (χ2v) is 12.5. The number of sulfone groups is 1. The van der Waals surface area contributed by atoms with Crippen LogP contribution in [0.3, 0.4) is 0 Å². The number of rotatable bonds is 10. The molecule has 0 aliphatic rings. The van der Waals surface area contributed by atoms with Crippen molar-refractivity contribution in [2.45, 2.75) is 62.3 Å². The van der Waals surface area contributed by atoms with E-state index < -0.39 is 38.0 Å². The Labute approximate surface area is 201 Å². The summed E-state index contributed by atoms with van der Waals surface area (Å²) in [6.45, 7) is 7.07. The molecule has 0 heterocycles. The summed E-state index contributed by atoms with van der Waals surface area (Å²) >= 11 is 0. The molecule has 0 spiro atoms. The van der Waals surface area contributed by atoms with Gasteiger partial charge in [-0.15, -0.1) is 0 Å². The van der Waals surface area contributed by atoms with Crippen LogP contribution < -0.4 is 4.72 Å². The molecule has 34 heavy (non-hydrogen) atoms. The van der Waals surface area contributed by atoms with E-state index >= 15 is 0 Å². The molecule has 2 aromatic rings. The average Bonchev–Trinajstić information content (AvgIpc) is 2.77. The minimum atomic E-state index is -4.15. The van der Waals surface area contributed by atoms with E-state index in [2.05, 4.69) is 10.8 Å². The first kappa shape index (κ1) is 27.7. The molecule has 0 aromatic heterocycles. The van der Waals surface area contributed by atoms with Crippen LogP contribution in [0.4, 0.5) is 0 Å². The number of nitriles is 1. The van der Waals surface area contributed by atoms with Gasteiger partial charge in [0.2, 0.25) is 10.0 Å². The van der Waals surface area contributed by atoms with Crippen LogP contribution >= 0.6 is 0 Å². The molecule has 0 fully saturated rings. The average molecular weight is 507 g/mol. The zero-order valence-corrected chi connectivity index (χ0v) is 21.5. The van der Waals surface area contributed by atoms with Crippen molar-refractivity contribution in [3.8, 4) is 6.07 Å². The minimum Gasteiger partial charge on any atom is -0.392 e. The van der Waals surface area contributed by atoms with Crippen LogP contribution in [0, 0.1) is 11.3 Å². The number of benzene rings is 2. The summed E-state index contributed by atoms with van der Waals surface area (Å²) in [5, 5.41) is 19.0. The van der Waals surface area contributed by atoms with Gasteiger partial charge in [-0.2, -0.15) is 5.26 Å². The summed E-state index contributed by atoms with van der Waals surface area (Å²) in [5.74, 6) is -1.29. The lowest BCUT2D eigenvalue weighted by Crippen LogP contribution is -2.22. The SMILES string of the molecule is CNS(=O)(=O)c1ccc(S(=O)(=O)CC(=O)Cc2c(C(C)C)cc(C#N)cc2C(C)C)c(CO)c1. The third-order valence-corrected chi connectivity index (χ3v) is 8.72. The molecule has 0 aliphatic heterocycles. The molecule has 2 rings (SSSR count). The maximum Gasteiger partial charge on any atom is 0.240 e. The van der Waals surface area contributed by atoms with Crippen LogP contribution in [-0.4, -0.2) is 40.5 Å². The second kappa shape index (κ2) is 10.8. The highest BCUT2D eigenvalue weighted by molar-refractivity contribution is 7.92. The number of carbonyl (C=O) groups is 1. The van der Waals surface area contributed by atoms with Crippen LogP contribution in [0.1, 0.15) is 67.3 Å². The number of nitrogens with zero attached hydrogens (tertiary/aromatic N) is 1. The molecular weight excluding hydrogens is 476 g/mol. The first-order valence-corrected chi connectivity index (χ1v) is 13.9. The predicted octanol–water partition coefficient (Wildman–Crippen LogP) is 2.79. The molecule has 2 N–H and O–H groups in total. The number of aliphatic hydroxyl groups is 1. The number of carbonyl (C=O) groups excluding carboxylic acids is 1. The summed E-state index contributed by atoms with van der Waals surface area (Å²) in [5.41, 5.74) is 2.76. The van der Waals surface area contributed by atoms with Crippen molar-refractivity contribution in [2.75, 3.05) is 12.8 Å². The zero-order chi connectivity index (χ0) is 25.8. The monoisotopic (exact) mass is 506 g/mol. The van der Waals surface area contributed by atoms with Crippen LogP contribution in [0.15, 0.2) is 40.1 Å². The Morgan fingerprint density at radius 2 is 1.59 bits per heavy atom. The quantitative estimate of drug-likeness (QED) is 0.505. The first-order valence-electron chi connectivity index (χ1n) is 10.8. The highest BCUT2D eigenvalue weighted by Crippen LogP contribution is 2.30. The molecule has 0 bridgehead atoms. The summed E-state index contributed by atoms with van der Waals surface area (Å²) in [6, 6.07) is 8.91. The Bertz CT molecular complexity index is 1310. The largest absolute Gasteiger partial charge is 0.392 e.